The fourth-order valence-corrected chi connectivity index (χ4v) is 2.92. The van der Waals surface area contributed by atoms with Gasteiger partial charge in [0, 0.05) is 10.8 Å². The van der Waals surface area contributed by atoms with E-state index in [4.69, 9.17) is 5.26 Å². The van der Waals surface area contributed by atoms with E-state index < -0.39 is 0 Å². The van der Waals surface area contributed by atoms with Gasteiger partial charge in [-0.15, -0.1) is 0 Å². The molecule has 5 nitrogen and oxygen atoms in total. The van der Waals surface area contributed by atoms with E-state index in [9.17, 15) is 4.79 Å². The lowest BCUT2D eigenvalue weighted by Crippen LogP contribution is -2.33. The molecule has 2 aromatic heterocycles. The van der Waals surface area contributed by atoms with Crippen molar-refractivity contribution in [1.29, 1.82) is 5.26 Å². The minimum Gasteiger partial charge on any atom is -0.284 e. The van der Waals surface area contributed by atoms with Crippen molar-refractivity contribution >= 4 is 21.8 Å². The Bertz CT molecular complexity index is 1140. The zero-order valence-electron chi connectivity index (χ0n) is 12.4. The van der Waals surface area contributed by atoms with Crippen molar-refractivity contribution in [2.75, 3.05) is 0 Å². The fourth-order valence-electron chi connectivity index (χ4n) is 2.92. The first-order valence-corrected chi connectivity index (χ1v) is 7.21. The van der Waals surface area contributed by atoms with Gasteiger partial charge in [-0.1, -0.05) is 18.2 Å². The number of benzene rings is 2. The predicted molar refractivity (Wildman–Crippen MR) is 87.3 cm³/mol. The summed E-state index contributed by atoms with van der Waals surface area (Å²) in [7, 11) is 1.87. The predicted octanol–water partition coefficient (Wildman–Crippen LogP) is 2.17. The molecule has 0 saturated heterocycles. The fraction of sp³-hybridized carbons (Fsp3) is 0.0556. The molecule has 0 aliphatic carbocycles. The maximum Gasteiger partial charge on any atom is 0.344 e. The van der Waals surface area contributed by atoms with Crippen LogP contribution in [-0.2, 0) is 7.05 Å². The van der Waals surface area contributed by atoms with Crippen LogP contribution in [-0.4, -0.2) is 9.78 Å². The van der Waals surface area contributed by atoms with E-state index in [1.165, 1.54) is 4.68 Å². The molecule has 0 radical (unpaired) electrons. The second kappa shape index (κ2) is 4.82. The third-order valence-corrected chi connectivity index (χ3v) is 4.04. The van der Waals surface area contributed by atoms with Crippen molar-refractivity contribution in [2.24, 2.45) is 7.05 Å². The molecule has 1 N–H and O–H groups in total. The van der Waals surface area contributed by atoms with E-state index in [1.54, 1.807) is 24.3 Å². The summed E-state index contributed by atoms with van der Waals surface area (Å²) in [5, 5.41) is 14.2. The summed E-state index contributed by atoms with van der Waals surface area (Å²) in [6.07, 6.45) is 1.95. The van der Waals surface area contributed by atoms with Gasteiger partial charge in [-0.2, -0.15) is 9.83 Å². The summed E-state index contributed by atoms with van der Waals surface area (Å²) < 4.78 is 3.36. The molecule has 4 rings (SSSR count). The first-order valence-electron chi connectivity index (χ1n) is 7.21. The van der Waals surface area contributed by atoms with Gasteiger partial charge in [-0.3, -0.25) is 9.89 Å². The Balaban J connectivity index is 2.07. The van der Waals surface area contributed by atoms with Gasteiger partial charge in [0.25, 0.3) is 5.52 Å². The number of nitrogens with zero attached hydrogens (tertiary/aromatic N) is 3. The van der Waals surface area contributed by atoms with Crippen molar-refractivity contribution in [2.45, 2.75) is 0 Å². The SMILES string of the molecule is C[n+]1cc2ccccc2c2[nH]n(-c3ccc(C#N)cc3)c(=O)c21. The number of rotatable bonds is 1. The van der Waals surface area contributed by atoms with Crippen molar-refractivity contribution < 1.29 is 4.57 Å². The number of pyridine rings is 1. The van der Waals surface area contributed by atoms with Gasteiger partial charge in [0.15, 0.2) is 6.20 Å². The summed E-state index contributed by atoms with van der Waals surface area (Å²) in [5.74, 6) is 0. The topological polar surface area (TPSA) is 65.5 Å². The normalized spacial score (nSPS) is 11.0. The number of H-pyrrole nitrogens is 1. The van der Waals surface area contributed by atoms with Gasteiger partial charge in [0.1, 0.15) is 12.6 Å². The minimum absolute atomic E-state index is 0.113. The van der Waals surface area contributed by atoms with Gasteiger partial charge < -0.3 is 0 Å². The third-order valence-electron chi connectivity index (χ3n) is 4.04. The van der Waals surface area contributed by atoms with Crippen LogP contribution in [0.5, 0.6) is 0 Å². The summed E-state index contributed by atoms with van der Waals surface area (Å²) in [4.78, 5) is 12.8. The Morgan fingerprint density at radius 2 is 1.87 bits per heavy atom. The molecule has 0 amide bonds. The molecular weight excluding hydrogens is 288 g/mol. The molecule has 110 valence electrons. The molecule has 0 fully saturated rings. The van der Waals surface area contributed by atoms with Gasteiger partial charge in [0.2, 0.25) is 0 Å². The molecule has 0 atom stereocenters. The average Bonchev–Trinajstić information content (AvgIpc) is 2.93. The standard InChI is InChI=1S/C18H12N4O/c1-21-11-13-4-2-3-5-15(13)16-17(21)18(23)22(20-16)14-8-6-12(10-19)7-9-14/h2-9,11H,1H3/p+1. The van der Waals surface area contributed by atoms with E-state index in [-0.39, 0.29) is 5.56 Å². The molecule has 2 heterocycles. The molecule has 2 aromatic carbocycles. The Kier molecular flexibility index (Phi) is 2.78. The second-order valence-electron chi connectivity index (χ2n) is 5.46. The molecule has 0 aliphatic rings. The zero-order chi connectivity index (χ0) is 16.0. The maximum atomic E-state index is 12.8. The van der Waals surface area contributed by atoms with Gasteiger partial charge >= 0.3 is 5.56 Å². The van der Waals surface area contributed by atoms with Crippen LogP contribution < -0.4 is 10.1 Å². The number of fused-ring (bicyclic) bond motifs is 3. The minimum atomic E-state index is -0.113. The summed E-state index contributed by atoms with van der Waals surface area (Å²) in [6, 6.07) is 17.0. The molecule has 0 bridgehead atoms. The lowest BCUT2D eigenvalue weighted by atomic mass is 10.1. The molecule has 0 spiro atoms. The highest BCUT2D eigenvalue weighted by molar-refractivity contribution is 6.01. The molecule has 23 heavy (non-hydrogen) atoms. The Morgan fingerprint density at radius 3 is 2.61 bits per heavy atom. The number of hydrogen-bond donors (Lipinski definition) is 1. The van der Waals surface area contributed by atoms with E-state index >= 15 is 0 Å². The van der Waals surface area contributed by atoms with E-state index in [2.05, 4.69) is 11.2 Å². The average molecular weight is 301 g/mol. The van der Waals surface area contributed by atoms with E-state index in [1.807, 2.05) is 42.1 Å². The molecule has 0 unspecified atom stereocenters. The third kappa shape index (κ3) is 1.93. The van der Waals surface area contributed by atoms with Crippen molar-refractivity contribution in [3.8, 4) is 11.8 Å². The van der Waals surface area contributed by atoms with Crippen LogP contribution >= 0.6 is 0 Å². The lowest BCUT2D eigenvalue weighted by molar-refractivity contribution is -0.644. The number of hydrogen-bond acceptors (Lipinski definition) is 2. The first kappa shape index (κ1) is 13.3. The monoisotopic (exact) mass is 301 g/mol. The summed E-state index contributed by atoms with van der Waals surface area (Å²) in [5.41, 5.74) is 2.58. The van der Waals surface area contributed by atoms with Crippen LogP contribution in [0.25, 0.3) is 27.5 Å². The molecule has 0 saturated carbocycles. The first-order chi connectivity index (χ1) is 11.2. The summed E-state index contributed by atoms with van der Waals surface area (Å²) in [6.45, 7) is 0. The largest absolute Gasteiger partial charge is 0.344 e. The van der Waals surface area contributed by atoms with Gasteiger partial charge in [0.05, 0.1) is 17.3 Å². The van der Waals surface area contributed by atoms with Crippen LogP contribution in [0.3, 0.4) is 0 Å². The van der Waals surface area contributed by atoms with Crippen molar-refractivity contribution in [3.05, 3.63) is 70.6 Å². The van der Waals surface area contributed by atoms with Gasteiger partial charge in [-0.25, -0.2) is 4.68 Å². The van der Waals surface area contributed by atoms with E-state index in [0.29, 0.717) is 16.8 Å². The van der Waals surface area contributed by atoms with Crippen LogP contribution in [0.15, 0.2) is 59.5 Å². The number of aromatic nitrogens is 3. The highest BCUT2D eigenvalue weighted by Crippen LogP contribution is 2.19. The number of aromatic amines is 1. The number of aryl methyl sites for hydroxylation is 1. The zero-order valence-corrected chi connectivity index (χ0v) is 12.4. The van der Waals surface area contributed by atoms with Gasteiger partial charge in [-0.05, 0) is 30.3 Å². The highest BCUT2D eigenvalue weighted by Gasteiger charge is 2.19. The van der Waals surface area contributed by atoms with E-state index in [0.717, 1.165) is 16.3 Å². The molecule has 5 heteroatoms. The highest BCUT2D eigenvalue weighted by atomic mass is 16.1. The number of nitriles is 1. The van der Waals surface area contributed by atoms with Crippen LogP contribution in [0.4, 0.5) is 0 Å². The van der Waals surface area contributed by atoms with Crippen molar-refractivity contribution in [3.63, 3.8) is 0 Å². The van der Waals surface area contributed by atoms with Crippen LogP contribution in [0.1, 0.15) is 5.56 Å². The second-order valence-corrected chi connectivity index (χ2v) is 5.46. The molecular formula is C18H13N4O+. The smallest absolute Gasteiger partial charge is 0.284 e. The Labute approximate surface area is 131 Å². The lowest BCUT2D eigenvalue weighted by Gasteiger charge is -2.00. The summed E-state index contributed by atoms with van der Waals surface area (Å²) >= 11 is 0. The molecule has 0 aliphatic heterocycles. The number of nitrogens with one attached hydrogen (secondary N) is 1. The Hall–Kier alpha value is -3.39. The van der Waals surface area contributed by atoms with Crippen LogP contribution in [0.2, 0.25) is 0 Å². The quantitative estimate of drug-likeness (QED) is 0.548. The Morgan fingerprint density at radius 1 is 1.13 bits per heavy atom. The van der Waals surface area contributed by atoms with Crippen LogP contribution in [0, 0.1) is 11.3 Å². The van der Waals surface area contributed by atoms with Crippen molar-refractivity contribution in [1.82, 2.24) is 9.78 Å². The maximum absolute atomic E-state index is 12.8. The molecule has 4 aromatic rings.